The van der Waals surface area contributed by atoms with Gasteiger partial charge in [0.05, 0.1) is 12.1 Å². The summed E-state index contributed by atoms with van der Waals surface area (Å²) >= 11 is 6.84. The summed E-state index contributed by atoms with van der Waals surface area (Å²) in [5.74, 6) is 0.206. The normalized spacial score (nSPS) is 16.9. The van der Waals surface area contributed by atoms with Gasteiger partial charge in [0.1, 0.15) is 0 Å². The number of halogens is 2. The van der Waals surface area contributed by atoms with E-state index in [9.17, 15) is 5.11 Å². The van der Waals surface area contributed by atoms with Gasteiger partial charge in [0, 0.05) is 8.95 Å². The van der Waals surface area contributed by atoms with Crippen LogP contribution in [0.15, 0.2) is 27.1 Å². The maximum absolute atomic E-state index is 10.0. The quantitative estimate of drug-likeness (QED) is 0.871. The first-order chi connectivity index (χ1) is 7.47. The van der Waals surface area contributed by atoms with E-state index >= 15 is 0 Å². The molecule has 4 heteroatoms. The Morgan fingerprint density at radius 2 is 1.94 bits per heavy atom. The fourth-order valence-electron chi connectivity index (χ4n) is 1.51. The average Bonchev–Trinajstić information content (AvgIpc) is 2.29. The van der Waals surface area contributed by atoms with Crippen LogP contribution in [0.2, 0.25) is 0 Å². The van der Waals surface area contributed by atoms with Crippen LogP contribution < -0.4 is 5.73 Å². The molecule has 1 aromatic rings. The van der Waals surface area contributed by atoms with E-state index in [1.165, 1.54) is 0 Å². The molecule has 0 radical (unpaired) electrons. The van der Waals surface area contributed by atoms with Crippen molar-refractivity contribution in [3.63, 3.8) is 0 Å². The first-order valence-electron chi connectivity index (χ1n) is 5.36. The summed E-state index contributed by atoms with van der Waals surface area (Å²) in [6.45, 7) is 4.07. The Morgan fingerprint density at radius 3 is 2.44 bits per heavy atom. The summed E-state index contributed by atoms with van der Waals surface area (Å²) in [6, 6.07) is 5.48. The molecule has 0 aliphatic rings. The summed E-state index contributed by atoms with van der Waals surface area (Å²) in [6.07, 6.45) is 0.421. The zero-order valence-electron chi connectivity index (χ0n) is 9.45. The van der Waals surface area contributed by atoms with Crippen LogP contribution >= 0.6 is 31.9 Å². The number of aliphatic hydroxyl groups excluding tert-OH is 1. The molecule has 2 nitrogen and oxygen atoms in total. The molecule has 0 saturated heterocycles. The van der Waals surface area contributed by atoms with Gasteiger partial charge in [-0.25, -0.2) is 0 Å². The molecule has 1 rings (SSSR count). The molecule has 3 N–H and O–H groups in total. The molecule has 0 spiro atoms. The highest BCUT2D eigenvalue weighted by Gasteiger charge is 2.22. The number of hydrogen-bond donors (Lipinski definition) is 2. The fraction of sp³-hybridized carbons (Fsp3) is 0.500. The molecule has 0 fully saturated rings. The van der Waals surface area contributed by atoms with Gasteiger partial charge >= 0.3 is 0 Å². The molecule has 0 heterocycles. The predicted molar refractivity (Wildman–Crippen MR) is 74.2 cm³/mol. The first-order valence-corrected chi connectivity index (χ1v) is 6.94. The number of hydrogen-bond acceptors (Lipinski definition) is 2. The average molecular weight is 351 g/mol. The highest BCUT2D eigenvalue weighted by Crippen LogP contribution is 2.28. The van der Waals surface area contributed by atoms with Crippen molar-refractivity contribution in [3.05, 3.63) is 32.7 Å². The lowest BCUT2D eigenvalue weighted by atomic mass is 9.92. The minimum Gasteiger partial charge on any atom is -0.391 e. The summed E-state index contributed by atoms with van der Waals surface area (Å²) in [5, 5.41) is 10.0. The molecule has 1 aromatic carbocycles. The van der Waals surface area contributed by atoms with Crippen molar-refractivity contribution in [2.45, 2.75) is 32.4 Å². The molecule has 0 bridgehead atoms. The van der Waals surface area contributed by atoms with Crippen LogP contribution in [-0.4, -0.2) is 11.2 Å². The van der Waals surface area contributed by atoms with Crippen molar-refractivity contribution < 1.29 is 5.11 Å². The number of benzene rings is 1. The molecule has 3 atom stereocenters. The molecule has 0 aromatic heterocycles. The number of rotatable bonds is 4. The van der Waals surface area contributed by atoms with Gasteiger partial charge in [-0.2, -0.15) is 0 Å². The lowest BCUT2D eigenvalue weighted by molar-refractivity contribution is 0.0880. The topological polar surface area (TPSA) is 46.2 Å². The second-order valence-corrected chi connectivity index (χ2v) is 5.78. The van der Waals surface area contributed by atoms with Gasteiger partial charge in [0.25, 0.3) is 0 Å². The van der Waals surface area contributed by atoms with Crippen molar-refractivity contribution in [3.8, 4) is 0 Å². The van der Waals surface area contributed by atoms with Gasteiger partial charge in [0.2, 0.25) is 0 Å². The molecular formula is C12H17Br2NO. The Labute approximate surface area is 113 Å². The summed E-state index contributed by atoms with van der Waals surface area (Å²) < 4.78 is 1.94. The Morgan fingerprint density at radius 1 is 1.31 bits per heavy atom. The van der Waals surface area contributed by atoms with Crippen molar-refractivity contribution in [2.75, 3.05) is 0 Å². The van der Waals surface area contributed by atoms with E-state index in [1.807, 2.05) is 25.1 Å². The maximum atomic E-state index is 10.0. The molecule has 90 valence electrons. The Bertz CT molecular complexity index is 357. The van der Waals surface area contributed by atoms with E-state index in [1.54, 1.807) is 0 Å². The Kier molecular flexibility index (Phi) is 5.44. The van der Waals surface area contributed by atoms with Crippen LogP contribution in [0.5, 0.6) is 0 Å². The van der Waals surface area contributed by atoms with Crippen molar-refractivity contribution in [1.29, 1.82) is 0 Å². The summed E-state index contributed by atoms with van der Waals surface area (Å²) in [4.78, 5) is 0. The fourth-order valence-corrected chi connectivity index (χ4v) is 2.16. The maximum Gasteiger partial charge on any atom is 0.0758 e. The predicted octanol–water partition coefficient (Wildman–Crippen LogP) is 3.62. The molecule has 0 saturated carbocycles. The lowest BCUT2D eigenvalue weighted by Gasteiger charge is -2.24. The van der Waals surface area contributed by atoms with E-state index < -0.39 is 6.10 Å². The third kappa shape index (κ3) is 3.29. The smallest absolute Gasteiger partial charge is 0.0758 e. The molecule has 16 heavy (non-hydrogen) atoms. The molecule has 0 amide bonds. The van der Waals surface area contributed by atoms with E-state index in [-0.39, 0.29) is 12.0 Å². The van der Waals surface area contributed by atoms with Crippen LogP contribution in [0.1, 0.15) is 31.9 Å². The second-order valence-electron chi connectivity index (χ2n) is 4.08. The highest BCUT2D eigenvalue weighted by atomic mass is 79.9. The summed E-state index contributed by atoms with van der Waals surface area (Å²) in [5.41, 5.74) is 6.99. The van der Waals surface area contributed by atoms with Crippen molar-refractivity contribution in [2.24, 2.45) is 11.7 Å². The van der Waals surface area contributed by atoms with E-state index in [4.69, 9.17) is 5.73 Å². The van der Waals surface area contributed by atoms with Crippen LogP contribution in [-0.2, 0) is 0 Å². The van der Waals surface area contributed by atoms with Crippen LogP contribution in [0.25, 0.3) is 0 Å². The number of nitrogens with two attached hydrogens (primary N) is 1. The van der Waals surface area contributed by atoms with Crippen molar-refractivity contribution in [1.82, 2.24) is 0 Å². The highest BCUT2D eigenvalue weighted by molar-refractivity contribution is 9.13. The van der Waals surface area contributed by atoms with Crippen LogP contribution in [0.3, 0.4) is 0 Å². The van der Waals surface area contributed by atoms with Gasteiger partial charge in [-0.3, -0.25) is 0 Å². The largest absolute Gasteiger partial charge is 0.391 e. The second kappa shape index (κ2) is 6.15. The molecule has 0 aliphatic carbocycles. The SMILES string of the molecule is CCC(C)[C@@H](O)[C@@H](N)c1ccc(Br)c(Br)c1. The minimum absolute atomic E-state index is 0.206. The van der Waals surface area contributed by atoms with Gasteiger partial charge in [-0.1, -0.05) is 26.3 Å². The third-order valence-corrected chi connectivity index (χ3v) is 4.80. The van der Waals surface area contributed by atoms with E-state index in [0.29, 0.717) is 0 Å². The first kappa shape index (κ1) is 14.2. The van der Waals surface area contributed by atoms with Gasteiger partial charge < -0.3 is 10.8 Å². The monoisotopic (exact) mass is 349 g/mol. The zero-order chi connectivity index (χ0) is 12.3. The number of aliphatic hydroxyl groups is 1. The Balaban J connectivity index is 2.87. The van der Waals surface area contributed by atoms with E-state index in [2.05, 4.69) is 38.8 Å². The van der Waals surface area contributed by atoms with Gasteiger partial charge in [-0.15, -0.1) is 0 Å². The van der Waals surface area contributed by atoms with Crippen LogP contribution in [0, 0.1) is 5.92 Å². The third-order valence-electron chi connectivity index (χ3n) is 2.92. The molecular weight excluding hydrogens is 334 g/mol. The zero-order valence-corrected chi connectivity index (χ0v) is 12.6. The van der Waals surface area contributed by atoms with Crippen molar-refractivity contribution >= 4 is 31.9 Å². The standard InChI is InChI=1S/C12H17Br2NO/c1-3-7(2)12(16)11(15)8-4-5-9(13)10(14)6-8/h4-7,11-12,16H,3,15H2,1-2H3/t7?,11-,12+/m0/s1. The van der Waals surface area contributed by atoms with Crippen LogP contribution in [0.4, 0.5) is 0 Å². The summed E-state index contributed by atoms with van der Waals surface area (Å²) in [7, 11) is 0. The van der Waals surface area contributed by atoms with Gasteiger partial charge in [0.15, 0.2) is 0 Å². The minimum atomic E-state index is -0.502. The van der Waals surface area contributed by atoms with E-state index in [0.717, 1.165) is 20.9 Å². The lowest BCUT2D eigenvalue weighted by Crippen LogP contribution is -2.31. The Hall–Kier alpha value is 0.1000. The molecule has 0 aliphatic heterocycles. The molecule has 1 unspecified atom stereocenters. The van der Waals surface area contributed by atoms with Gasteiger partial charge in [-0.05, 0) is 55.5 Å².